The van der Waals surface area contributed by atoms with Gasteiger partial charge in [-0.3, -0.25) is 0 Å². The van der Waals surface area contributed by atoms with Crippen molar-refractivity contribution in [1.82, 2.24) is 5.43 Å². The summed E-state index contributed by atoms with van der Waals surface area (Å²) in [5, 5.41) is 9.88. The van der Waals surface area contributed by atoms with Crippen LogP contribution in [0.3, 0.4) is 0 Å². The average Bonchev–Trinajstić information content (AvgIpc) is 2.64. The van der Waals surface area contributed by atoms with Crippen LogP contribution < -0.4 is 30.2 Å². The lowest BCUT2D eigenvalue weighted by Crippen LogP contribution is -2.31. The number of rotatable bonds is 6. The van der Waals surface area contributed by atoms with Gasteiger partial charge in [-0.2, -0.15) is 0 Å². The van der Waals surface area contributed by atoms with Crippen LogP contribution in [-0.4, -0.2) is 39.4 Å². The molecule has 0 radical (unpaired) electrons. The molecule has 8 nitrogen and oxygen atoms in total. The Morgan fingerprint density at radius 3 is 1.96 bits per heavy atom. The number of benzene rings is 2. The number of aliphatic imine (C=N–C) groups is 1. The number of hydrazine groups is 1. The van der Waals surface area contributed by atoms with E-state index in [1.54, 1.807) is 24.3 Å². The number of nitrogens with one attached hydrogen (secondary N) is 1. The van der Waals surface area contributed by atoms with Crippen LogP contribution in [0.15, 0.2) is 35.3 Å². The molecule has 2 aromatic rings. The summed E-state index contributed by atoms with van der Waals surface area (Å²) in [4.78, 5) is 4.40. The molecule has 4 N–H and O–H groups in total. The summed E-state index contributed by atoms with van der Waals surface area (Å²) < 4.78 is 21.0. The molecule has 0 aliphatic rings. The molecule has 134 valence electrons. The number of ether oxygens (including phenoxy) is 4. The smallest absolute Gasteiger partial charge is 0.203 e. The molecular formula is C17H21N3O5. The van der Waals surface area contributed by atoms with E-state index in [0.717, 1.165) is 0 Å². The highest BCUT2D eigenvalue weighted by atomic mass is 16.5. The van der Waals surface area contributed by atoms with Crippen LogP contribution in [0.2, 0.25) is 0 Å². The largest absolute Gasteiger partial charge is 0.504 e. The number of phenols is 1. The normalized spacial score (nSPS) is 11.0. The van der Waals surface area contributed by atoms with Crippen molar-refractivity contribution in [3.8, 4) is 28.7 Å². The molecule has 0 fully saturated rings. The van der Waals surface area contributed by atoms with Crippen molar-refractivity contribution >= 4 is 11.5 Å². The summed E-state index contributed by atoms with van der Waals surface area (Å²) in [6, 6.07) is 8.19. The fourth-order valence-electron chi connectivity index (χ4n) is 2.27. The molecule has 2 aromatic carbocycles. The second-order valence-corrected chi connectivity index (χ2v) is 4.87. The predicted octanol–water partition coefficient (Wildman–Crippen LogP) is 1.97. The number of amidine groups is 1. The zero-order valence-corrected chi connectivity index (χ0v) is 14.5. The second-order valence-electron chi connectivity index (χ2n) is 4.87. The Morgan fingerprint density at radius 2 is 1.52 bits per heavy atom. The van der Waals surface area contributed by atoms with Crippen molar-refractivity contribution in [2.75, 3.05) is 28.4 Å². The van der Waals surface area contributed by atoms with Gasteiger partial charge in [0.15, 0.2) is 23.0 Å². The molecule has 0 aliphatic heterocycles. The van der Waals surface area contributed by atoms with Crippen molar-refractivity contribution in [3.63, 3.8) is 0 Å². The van der Waals surface area contributed by atoms with E-state index in [9.17, 15) is 5.11 Å². The molecule has 0 amide bonds. The predicted molar refractivity (Wildman–Crippen MR) is 94.3 cm³/mol. The number of nitrogens with zero attached hydrogens (tertiary/aromatic N) is 1. The summed E-state index contributed by atoms with van der Waals surface area (Å²) in [7, 11) is 6.04. The molecule has 8 heteroatoms. The number of aromatic hydroxyl groups is 1. The maximum Gasteiger partial charge on any atom is 0.203 e. The third-order valence-corrected chi connectivity index (χ3v) is 3.48. The van der Waals surface area contributed by atoms with Crippen LogP contribution in [0.5, 0.6) is 28.7 Å². The molecule has 0 unspecified atom stereocenters. The lowest BCUT2D eigenvalue weighted by atomic mass is 10.1. The third kappa shape index (κ3) is 3.86. The fourth-order valence-corrected chi connectivity index (χ4v) is 2.27. The van der Waals surface area contributed by atoms with Gasteiger partial charge in [0.25, 0.3) is 0 Å². The first-order valence-electron chi connectivity index (χ1n) is 7.30. The number of nitrogens with two attached hydrogens (primary N) is 1. The summed E-state index contributed by atoms with van der Waals surface area (Å²) >= 11 is 0. The Morgan fingerprint density at radius 1 is 0.920 bits per heavy atom. The van der Waals surface area contributed by atoms with Gasteiger partial charge in [-0.05, 0) is 24.3 Å². The highest BCUT2D eigenvalue weighted by Crippen LogP contribution is 2.38. The summed E-state index contributed by atoms with van der Waals surface area (Å²) in [5.41, 5.74) is 3.64. The van der Waals surface area contributed by atoms with Crippen LogP contribution in [0, 0.1) is 0 Å². The minimum atomic E-state index is -0.0231. The molecule has 2 rings (SSSR count). The van der Waals surface area contributed by atoms with E-state index >= 15 is 0 Å². The monoisotopic (exact) mass is 347 g/mol. The quantitative estimate of drug-likeness (QED) is 0.317. The first kappa shape index (κ1) is 18.2. The molecule has 0 atom stereocenters. The van der Waals surface area contributed by atoms with E-state index in [-0.39, 0.29) is 5.75 Å². The van der Waals surface area contributed by atoms with E-state index in [0.29, 0.717) is 40.1 Å². The topological polar surface area (TPSA) is 108 Å². The van der Waals surface area contributed by atoms with Gasteiger partial charge in [0.05, 0.1) is 34.1 Å². The zero-order chi connectivity index (χ0) is 18.4. The Hall–Kier alpha value is -3.13. The minimum Gasteiger partial charge on any atom is -0.504 e. The van der Waals surface area contributed by atoms with Crippen LogP contribution in [0.25, 0.3) is 0 Å². The molecule has 0 aliphatic carbocycles. The second kappa shape index (κ2) is 8.11. The highest BCUT2D eigenvalue weighted by molar-refractivity contribution is 6.01. The van der Waals surface area contributed by atoms with Gasteiger partial charge in [0.2, 0.25) is 5.75 Å². The lowest BCUT2D eigenvalue weighted by Gasteiger charge is -2.15. The van der Waals surface area contributed by atoms with E-state index < -0.39 is 0 Å². The molecule has 25 heavy (non-hydrogen) atoms. The van der Waals surface area contributed by atoms with Crippen molar-refractivity contribution in [3.05, 3.63) is 35.9 Å². The number of methoxy groups -OCH3 is 4. The standard InChI is InChI=1S/C17H21N3O5/c1-22-13-6-5-11(9-12(13)21)19-17(20-18)10-7-14(23-2)16(25-4)15(8-10)24-3/h5-9,21H,18H2,1-4H3,(H,19,20). The lowest BCUT2D eigenvalue weighted by molar-refractivity contribution is 0.324. The van der Waals surface area contributed by atoms with Crippen LogP contribution in [0.1, 0.15) is 5.56 Å². The molecule has 0 spiro atoms. The Kier molecular flexibility index (Phi) is 5.91. The van der Waals surface area contributed by atoms with E-state index in [1.807, 2.05) is 0 Å². The number of hydrogen-bond donors (Lipinski definition) is 3. The van der Waals surface area contributed by atoms with Crippen molar-refractivity contribution in [2.24, 2.45) is 10.8 Å². The van der Waals surface area contributed by atoms with Gasteiger partial charge in [-0.25, -0.2) is 10.8 Å². The number of hydrogen-bond acceptors (Lipinski definition) is 7. The van der Waals surface area contributed by atoms with Gasteiger partial charge in [-0.1, -0.05) is 0 Å². The van der Waals surface area contributed by atoms with Gasteiger partial charge < -0.3 is 29.5 Å². The Balaban J connectivity index is 2.51. The van der Waals surface area contributed by atoms with Gasteiger partial charge in [0.1, 0.15) is 5.84 Å². The fraction of sp³-hybridized carbons (Fsp3) is 0.235. The molecule has 0 bridgehead atoms. The number of phenolic OH excluding ortho intramolecular Hbond substituents is 1. The van der Waals surface area contributed by atoms with E-state index in [1.165, 1.54) is 34.5 Å². The molecular weight excluding hydrogens is 326 g/mol. The van der Waals surface area contributed by atoms with Gasteiger partial charge >= 0.3 is 0 Å². The van der Waals surface area contributed by atoms with Crippen molar-refractivity contribution < 1.29 is 24.1 Å². The summed E-state index contributed by atoms with van der Waals surface area (Å²) in [6.45, 7) is 0. The van der Waals surface area contributed by atoms with Crippen molar-refractivity contribution in [2.45, 2.75) is 0 Å². The molecule has 0 saturated heterocycles. The third-order valence-electron chi connectivity index (χ3n) is 3.48. The first-order valence-corrected chi connectivity index (χ1v) is 7.30. The SMILES string of the molecule is COc1ccc(N=C(NN)c2cc(OC)c(OC)c(OC)c2)cc1O. The van der Waals surface area contributed by atoms with Gasteiger partial charge in [-0.15, -0.1) is 0 Å². The average molecular weight is 347 g/mol. The zero-order valence-electron chi connectivity index (χ0n) is 14.5. The van der Waals surface area contributed by atoms with Crippen LogP contribution >= 0.6 is 0 Å². The van der Waals surface area contributed by atoms with Crippen LogP contribution in [0.4, 0.5) is 5.69 Å². The van der Waals surface area contributed by atoms with Crippen molar-refractivity contribution in [1.29, 1.82) is 0 Å². The first-order chi connectivity index (χ1) is 12.1. The van der Waals surface area contributed by atoms with E-state index in [4.69, 9.17) is 24.8 Å². The molecule has 0 saturated carbocycles. The highest BCUT2D eigenvalue weighted by Gasteiger charge is 2.16. The summed E-state index contributed by atoms with van der Waals surface area (Å²) in [6.07, 6.45) is 0. The summed E-state index contributed by atoms with van der Waals surface area (Å²) in [5.74, 6) is 7.71. The minimum absolute atomic E-state index is 0.0231. The van der Waals surface area contributed by atoms with Gasteiger partial charge in [0, 0.05) is 11.6 Å². The Labute approximate surface area is 145 Å². The maximum atomic E-state index is 9.88. The van der Waals surface area contributed by atoms with E-state index in [2.05, 4.69) is 10.4 Å². The Bertz CT molecular complexity index is 752. The molecule has 0 aromatic heterocycles. The van der Waals surface area contributed by atoms with Crippen LogP contribution in [-0.2, 0) is 0 Å². The maximum absolute atomic E-state index is 9.88. The molecule has 0 heterocycles.